The molecular weight excluding hydrogens is 312 g/mol. The molecule has 1 saturated heterocycles. The Kier molecular flexibility index (Phi) is 5.03. The van der Waals surface area contributed by atoms with Crippen LogP contribution in [0.1, 0.15) is 24.0 Å². The first kappa shape index (κ1) is 16.4. The van der Waals surface area contributed by atoms with Crippen LogP contribution in [-0.2, 0) is 33.0 Å². The molecule has 0 amide bonds. The highest BCUT2D eigenvalue weighted by molar-refractivity contribution is 7.92. The van der Waals surface area contributed by atoms with Crippen LogP contribution in [0.15, 0.2) is 24.3 Å². The Morgan fingerprint density at radius 3 is 2.43 bits per heavy atom. The first-order valence-electron chi connectivity index (χ1n) is 6.79. The lowest BCUT2D eigenvalue weighted by molar-refractivity contribution is 0.542. The maximum Gasteiger partial charge on any atom is 0.214 e. The van der Waals surface area contributed by atoms with E-state index >= 15 is 0 Å². The molecule has 2 rings (SSSR count). The Hall–Kier alpha value is -0.960. The summed E-state index contributed by atoms with van der Waals surface area (Å²) in [4.78, 5) is 0. The molecule has 0 spiro atoms. The molecular formula is C13H20N2O4S2. The average Bonchev–Trinajstić information content (AvgIpc) is 2.45. The van der Waals surface area contributed by atoms with Crippen LogP contribution in [0.25, 0.3) is 0 Å². The molecule has 0 radical (unpaired) electrons. The number of nitrogens with two attached hydrogens (primary N) is 1. The Bertz CT molecular complexity index is 685. The monoisotopic (exact) mass is 332 g/mol. The van der Waals surface area contributed by atoms with Crippen LogP contribution >= 0.6 is 0 Å². The summed E-state index contributed by atoms with van der Waals surface area (Å²) < 4.78 is 49.6. The molecule has 1 fully saturated rings. The van der Waals surface area contributed by atoms with Gasteiger partial charge in [-0.3, -0.25) is 0 Å². The SMILES string of the molecule is NCc1cccc(CNS(=O)(=O)C2CCS(=O)(=O)CC2)c1. The largest absolute Gasteiger partial charge is 0.326 e. The van der Waals surface area contributed by atoms with Gasteiger partial charge in [0.1, 0.15) is 9.84 Å². The molecule has 1 aromatic carbocycles. The van der Waals surface area contributed by atoms with Crippen molar-refractivity contribution in [1.82, 2.24) is 4.72 Å². The zero-order valence-electron chi connectivity index (χ0n) is 11.7. The molecule has 1 heterocycles. The minimum Gasteiger partial charge on any atom is -0.326 e. The van der Waals surface area contributed by atoms with E-state index in [1.165, 1.54) is 0 Å². The van der Waals surface area contributed by atoms with Crippen molar-refractivity contribution in [3.05, 3.63) is 35.4 Å². The highest BCUT2D eigenvalue weighted by Crippen LogP contribution is 2.19. The van der Waals surface area contributed by atoms with Gasteiger partial charge in [0.15, 0.2) is 0 Å². The first-order valence-corrected chi connectivity index (χ1v) is 10.2. The molecule has 0 saturated carbocycles. The van der Waals surface area contributed by atoms with Crippen molar-refractivity contribution in [3.63, 3.8) is 0 Å². The molecule has 0 aliphatic carbocycles. The van der Waals surface area contributed by atoms with E-state index in [-0.39, 0.29) is 30.9 Å². The second-order valence-corrected chi connectivity index (χ2v) is 9.59. The fourth-order valence-electron chi connectivity index (χ4n) is 2.35. The highest BCUT2D eigenvalue weighted by atomic mass is 32.2. The van der Waals surface area contributed by atoms with Gasteiger partial charge in [0.2, 0.25) is 10.0 Å². The predicted molar refractivity (Wildman–Crippen MR) is 81.8 cm³/mol. The van der Waals surface area contributed by atoms with Gasteiger partial charge < -0.3 is 5.73 Å². The van der Waals surface area contributed by atoms with Gasteiger partial charge in [-0.25, -0.2) is 21.6 Å². The third-order valence-corrected chi connectivity index (χ3v) is 7.26. The van der Waals surface area contributed by atoms with Gasteiger partial charge in [-0.1, -0.05) is 24.3 Å². The highest BCUT2D eigenvalue weighted by Gasteiger charge is 2.32. The third-order valence-electron chi connectivity index (χ3n) is 3.65. The lowest BCUT2D eigenvalue weighted by Crippen LogP contribution is -2.39. The van der Waals surface area contributed by atoms with E-state index < -0.39 is 25.1 Å². The second kappa shape index (κ2) is 6.43. The van der Waals surface area contributed by atoms with Gasteiger partial charge in [-0.05, 0) is 24.0 Å². The van der Waals surface area contributed by atoms with Crippen molar-refractivity contribution in [3.8, 4) is 0 Å². The van der Waals surface area contributed by atoms with Crippen molar-refractivity contribution < 1.29 is 16.8 Å². The molecule has 0 aromatic heterocycles. The lowest BCUT2D eigenvalue weighted by Gasteiger charge is -2.22. The van der Waals surface area contributed by atoms with E-state index in [9.17, 15) is 16.8 Å². The van der Waals surface area contributed by atoms with E-state index in [4.69, 9.17) is 5.73 Å². The molecule has 3 N–H and O–H groups in total. The smallest absolute Gasteiger partial charge is 0.214 e. The molecule has 8 heteroatoms. The number of hydrogen-bond acceptors (Lipinski definition) is 5. The van der Waals surface area contributed by atoms with Crippen molar-refractivity contribution in [2.75, 3.05) is 11.5 Å². The lowest BCUT2D eigenvalue weighted by atomic mass is 10.1. The third kappa shape index (κ3) is 4.50. The Labute approximate surface area is 125 Å². The van der Waals surface area contributed by atoms with Crippen molar-refractivity contribution >= 4 is 19.9 Å². The van der Waals surface area contributed by atoms with E-state index in [2.05, 4.69) is 4.72 Å². The molecule has 21 heavy (non-hydrogen) atoms. The summed E-state index contributed by atoms with van der Waals surface area (Å²) in [6, 6.07) is 7.39. The minimum atomic E-state index is -3.50. The summed E-state index contributed by atoms with van der Waals surface area (Å²) in [5, 5.41) is -0.626. The van der Waals surface area contributed by atoms with Crippen molar-refractivity contribution in [2.24, 2.45) is 5.73 Å². The Balaban J connectivity index is 1.98. The summed E-state index contributed by atoms with van der Waals surface area (Å²) in [5.74, 6) is -0.109. The van der Waals surface area contributed by atoms with E-state index in [0.29, 0.717) is 6.54 Å². The number of sulfonamides is 1. The zero-order valence-corrected chi connectivity index (χ0v) is 13.3. The van der Waals surface area contributed by atoms with Crippen LogP contribution in [0.4, 0.5) is 0 Å². The van der Waals surface area contributed by atoms with E-state index in [1.54, 1.807) is 0 Å². The molecule has 0 atom stereocenters. The van der Waals surface area contributed by atoms with Gasteiger partial charge in [0.05, 0.1) is 16.8 Å². The minimum absolute atomic E-state index is 0.0543. The maximum absolute atomic E-state index is 12.2. The number of hydrogen-bond donors (Lipinski definition) is 2. The topological polar surface area (TPSA) is 106 Å². The van der Waals surface area contributed by atoms with Crippen LogP contribution in [-0.4, -0.2) is 33.6 Å². The quantitative estimate of drug-likeness (QED) is 0.798. The molecule has 1 aliphatic rings. The standard InChI is InChI=1S/C13H20N2O4S2/c14-9-11-2-1-3-12(8-11)10-15-21(18,19)13-4-6-20(16,17)7-5-13/h1-3,8,13,15H,4-7,9-10,14H2. The van der Waals surface area contributed by atoms with E-state index in [1.807, 2.05) is 24.3 Å². The normalized spacial score (nSPS) is 19.5. The fourth-order valence-corrected chi connectivity index (χ4v) is 5.60. The molecule has 6 nitrogen and oxygen atoms in total. The van der Waals surface area contributed by atoms with Crippen LogP contribution in [0.3, 0.4) is 0 Å². The fraction of sp³-hybridized carbons (Fsp3) is 0.538. The van der Waals surface area contributed by atoms with Gasteiger partial charge in [-0.15, -0.1) is 0 Å². The number of sulfone groups is 1. The summed E-state index contributed by atoms with van der Waals surface area (Å²) in [6.45, 7) is 0.598. The average molecular weight is 332 g/mol. The van der Waals surface area contributed by atoms with Gasteiger partial charge >= 0.3 is 0 Å². The second-order valence-electron chi connectivity index (χ2n) is 5.24. The maximum atomic E-state index is 12.2. The van der Waals surface area contributed by atoms with Crippen LogP contribution in [0.5, 0.6) is 0 Å². The predicted octanol–water partition coefficient (Wildman–Crippen LogP) is 0.142. The zero-order chi connectivity index (χ0) is 15.5. The summed E-state index contributed by atoms with van der Waals surface area (Å²) in [7, 11) is -6.56. The van der Waals surface area contributed by atoms with Gasteiger partial charge in [-0.2, -0.15) is 0 Å². The van der Waals surface area contributed by atoms with E-state index in [0.717, 1.165) is 11.1 Å². The number of rotatable bonds is 5. The Morgan fingerprint density at radius 2 is 1.81 bits per heavy atom. The molecule has 0 unspecified atom stereocenters. The number of benzene rings is 1. The summed E-state index contributed by atoms with van der Waals surface area (Å²) in [6.07, 6.45) is 0.334. The van der Waals surface area contributed by atoms with Crippen LogP contribution in [0.2, 0.25) is 0 Å². The van der Waals surface area contributed by atoms with Crippen molar-refractivity contribution in [2.45, 2.75) is 31.2 Å². The van der Waals surface area contributed by atoms with Crippen LogP contribution in [0, 0.1) is 0 Å². The molecule has 0 bridgehead atoms. The molecule has 118 valence electrons. The number of nitrogens with one attached hydrogen (secondary N) is 1. The first-order chi connectivity index (χ1) is 9.82. The molecule has 1 aromatic rings. The van der Waals surface area contributed by atoms with Crippen molar-refractivity contribution in [1.29, 1.82) is 0 Å². The summed E-state index contributed by atoms with van der Waals surface area (Å²) in [5.41, 5.74) is 7.33. The van der Waals surface area contributed by atoms with Crippen LogP contribution < -0.4 is 10.5 Å². The van der Waals surface area contributed by atoms with Gasteiger partial charge in [0.25, 0.3) is 0 Å². The van der Waals surface area contributed by atoms with Gasteiger partial charge in [0, 0.05) is 13.1 Å². The molecule has 1 aliphatic heterocycles. The Morgan fingerprint density at radius 1 is 1.19 bits per heavy atom. The summed E-state index contributed by atoms with van der Waals surface area (Å²) >= 11 is 0.